The minimum atomic E-state index is -0.505. The number of hydrogen-bond donors (Lipinski definition) is 0. The highest BCUT2D eigenvalue weighted by molar-refractivity contribution is 5.68. The molecule has 2 amide bonds. The van der Waals surface area contributed by atoms with Crippen molar-refractivity contribution < 1.29 is 23.5 Å². The molecule has 0 unspecified atom stereocenters. The number of nitrogens with zero attached hydrogens (tertiary/aromatic N) is 6. The van der Waals surface area contributed by atoms with Gasteiger partial charge in [0.1, 0.15) is 16.9 Å². The first-order valence-electron chi connectivity index (χ1n) is 17.1. The number of carbonyl (C=O) groups is 2. The van der Waals surface area contributed by atoms with Gasteiger partial charge >= 0.3 is 12.2 Å². The minimum Gasteiger partial charge on any atom is -0.444 e. The molecule has 2 aliphatic rings. The first kappa shape index (κ1) is 35.6. The summed E-state index contributed by atoms with van der Waals surface area (Å²) in [6.45, 7) is 13.8. The van der Waals surface area contributed by atoms with Gasteiger partial charge in [0, 0.05) is 55.6 Å². The number of amides is 2. The maximum Gasteiger partial charge on any atom is 0.410 e. The predicted molar refractivity (Wildman–Crippen MR) is 187 cm³/mol. The van der Waals surface area contributed by atoms with Gasteiger partial charge in [-0.2, -0.15) is 4.39 Å². The molecule has 49 heavy (non-hydrogen) atoms. The Kier molecular flexibility index (Phi) is 11.1. The molecular formula is C38H49FN6O4. The fourth-order valence-corrected chi connectivity index (χ4v) is 6.01. The van der Waals surface area contributed by atoms with E-state index in [4.69, 9.17) is 9.47 Å². The molecule has 4 heterocycles. The zero-order chi connectivity index (χ0) is 35.2. The second-order valence-corrected chi connectivity index (χ2v) is 14.6. The molecule has 0 atom stereocenters. The molecule has 0 bridgehead atoms. The lowest BCUT2D eigenvalue weighted by Crippen LogP contribution is -2.42. The SMILES string of the molecule is CC(C)(C)OC(=O)N1CCC(n2cnc(-c3ccccc3)c2)CC1.CC(C)(C)OC(=O)N1CCC(n2cnc(-c3ccccc3)c2F)CC1. The van der Waals surface area contributed by atoms with Gasteiger partial charge in [-0.25, -0.2) is 19.6 Å². The topological polar surface area (TPSA) is 94.7 Å². The van der Waals surface area contributed by atoms with Gasteiger partial charge in [-0.1, -0.05) is 60.7 Å². The summed E-state index contributed by atoms with van der Waals surface area (Å²) in [7, 11) is 0. The molecule has 2 saturated heterocycles. The van der Waals surface area contributed by atoms with Gasteiger partial charge in [-0.05, 0) is 67.2 Å². The maximum atomic E-state index is 14.8. The summed E-state index contributed by atoms with van der Waals surface area (Å²) in [4.78, 5) is 36.5. The number of hydrogen-bond acceptors (Lipinski definition) is 6. The van der Waals surface area contributed by atoms with Crippen LogP contribution in [0.25, 0.3) is 22.5 Å². The molecule has 2 fully saturated rings. The Bertz CT molecular complexity index is 1660. The van der Waals surface area contributed by atoms with Crippen molar-refractivity contribution in [2.45, 2.75) is 90.5 Å². The third-order valence-corrected chi connectivity index (χ3v) is 8.50. The molecule has 0 N–H and O–H groups in total. The number of ether oxygens (including phenoxy) is 2. The highest BCUT2D eigenvalue weighted by Gasteiger charge is 2.30. The molecule has 262 valence electrons. The molecule has 0 aliphatic carbocycles. The Labute approximate surface area is 288 Å². The van der Waals surface area contributed by atoms with E-state index in [-0.39, 0.29) is 24.2 Å². The van der Waals surface area contributed by atoms with Crippen LogP contribution in [0.4, 0.5) is 14.0 Å². The number of benzene rings is 2. The van der Waals surface area contributed by atoms with Crippen LogP contribution >= 0.6 is 0 Å². The Balaban J connectivity index is 0.000000191. The van der Waals surface area contributed by atoms with Gasteiger partial charge < -0.3 is 28.4 Å². The number of aromatic nitrogens is 4. The summed E-state index contributed by atoms with van der Waals surface area (Å²) in [6, 6.07) is 19.9. The van der Waals surface area contributed by atoms with Crippen molar-refractivity contribution in [3.8, 4) is 22.5 Å². The van der Waals surface area contributed by atoms with Crippen LogP contribution in [-0.2, 0) is 9.47 Å². The standard InChI is InChI=1S/C19H24FN3O2.C19H25N3O2/c1-19(2,3)25-18(24)22-11-9-15(10-12-22)23-13-21-16(17(23)20)14-7-5-4-6-8-14;1-19(2,3)24-18(23)21-11-9-16(10-12-21)22-13-17(20-14-22)15-7-5-4-6-8-15/h4-8,13,15H,9-12H2,1-3H3;4-8,13-14,16H,9-12H2,1-3H3. The highest BCUT2D eigenvalue weighted by Crippen LogP contribution is 2.29. The van der Waals surface area contributed by atoms with Crippen LogP contribution in [0.1, 0.15) is 79.3 Å². The molecule has 4 aromatic rings. The number of halogens is 1. The number of imidazole rings is 2. The normalized spacial score (nSPS) is 16.1. The second-order valence-electron chi connectivity index (χ2n) is 14.6. The molecule has 0 saturated carbocycles. The molecule has 0 spiro atoms. The third-order valence-electron chi connectivity index (χ3n) is 8.50. The summed E-state index contributed by atoms with van der Waals surface area (Å²) < 4.78 is 29.4. The number of rotatable bonds is 4. The molecule has 2 aromatic carbocycles. The molecule has 2 aliphatic heterocycles. The lowest BCUT2D eigenvalue weighted by atomic mass is 10.1. The first-order valence-corrected chi connectivity index (χ1v) is 17.1. The van der Waals surface area contributed by atoms with Crippen LogP contribution in [0, 0.1) is 5.95 Å². The van der Waals surface area contributed by atoms with Crippen molar-refractivity contribution in [1.82, 2.24) is 28.9 Å². The maximum absolute atomic E-state index is 14.8. The predicted octanol–water partition coefficient (Wildman–Crippen LogP) is 8.38. The largest absolute Gasteiger partial charge is 0.444 e. The quantitative estimate of drug-likeness (QED) is 0.216. The molecule has 6 rings (SSSR count). The van der Waals surface area contributed by atoms with Crippen molar-refractivity contribution in [2.75, 3.05) is 26.2 Å². The van der Waals surface area contributed by atoms with Crippen LogP contribution in [0.5, 0.6) is 0 Å². The Morgan fingerprint density at radius 1 is 0.673 bits per heavy atom. The van der Waals surface area contributed by atoms with E-state index in [0.717, 1.165) is 42.8 Å². The Hall–Kier alpha value is -4.67. The van der Waals surface area contributed by atoms with Crippen molar-refractivity contribution >= 4 is 12.2 Å². The van der Waals surface area contributed by atoms with E-state index in [2.05, 4.69) is 32.9 Å². The number of likely N-dealkylation sites (tertiary alicyclic amines) is 2. The molecular weight excluding hydrogens is 623 g/mol. The van der Waals surface area contributed by atoms with Crippen LogP contribution < -0.4 is 0 Å². The molecule has 2 aromatic heterocycles. The Morgan fingerprint density at radius 3 is 1.63 bits per heavy atom. The van der Waals surface area contributed by atoms with E-state index in [0.29, 0.717) is 37.7 Å². The monoisotopic (exact) mass is 672 g/mol. The average Bonchev–Trinajstić information content (AvgIpc) is 3.72. The lowest BCUT2D eigenvalue weighted by molar-refractivity contribution is 0.0176. The van der Waals surface area contributed by atoms with E-state index < -0.39 is 11.2 Å². The van der Waals surface area contributed by atoms with Crippen LogP contribution in [-0.4, -0.2) is 78.5 Å². The van der Waals surface area contributed by atoms with Crippen molar-refractivity contribution in [3.05, 3.63) is 85.5 Å². The van der Waals surface area contributed by atoms with Crippen LogP contribution in [0.2, 0.25) is 0 Å². The fraction of sp³-hybridized carbons (Fsp3) is 0.474. The van der Waals surface area contributed by atoms with Gasteiger partial charge in [-0.15, -0.1) is 0 Å². The average molecular weight is 673 g/mol. The van der Waals surface area contributed by atoms with Crippen LogP contribution in [0.15, 0.2) is 79.5 Å². The van der Waals surface area contributed by atoms with E-state index in [9.17, 15) is 14.0 Å². The van der Waals surface area contributed by atoms with Crippen molar-refractivity contribution in [3.63, 3.8) is 0 Å². The van der Waals surface area contributed by atoms with Crippen molar-refractivity contribution in [1.29, 1.82) is 0 Å². The molecule has 0 radical (unpaired) electrons. The van der Waals surface area contributed by atoms with Gasteiger partial charge in [-0.3, -0.25) is 0 Å². The minimum absolute atomic E-state index is 0.00338. The first-order chi connectivity index (χ1) is 23.3. The van der Waals surface area contributed by atoms with E-state index >= 15 is 0 Å². The number of carbonyl (C=O) groups excluding carboxylic acids is 2. The Morgan fingerprint density at radius 2 is 1.14 bits per heavy atom. The van der Waals surface area contributed by atoms with Gasteiger partial charge in [0.15, 0.2) is 0 Å². The summed E-state index contributed by atoms with van der Waals surface area (Å²) in [5, 5.41) is 0. The zero-order valence-corrected chi connectivity index (χ0v) is 29.5. The van der Waals surface area contributed by atoms with Gasteiger partial charge in [0.25, 0.3) is 0 Å². The van der Waals surface area contributed by atoms with Crippen LogP contribution in [0.3, 0.4) is 0 Å². The molecule has 10 nitrogen and oxygen atoms in total. The summed E-state index contributed by atoms with van der Waals surface area (Å²) >= 11 is 0. The summed E-state index contributed by atoms with van der Waals surface area (Å²) in [5.74, 6) is -0.318. The summed E-state index contributed by atoms with van der Waals surface area (Å²) in [6.07, 6.45) is 8.25. The number of piperidine rings is 2. The fourth-order valence-electron chi connectivity index (χ4n) is 6.01. The van der Waals surface area contributed by atoms with Gasteiger partial charge in [0.05, 0.1) is 18.3 Å². The van der Waals surface area contributed by atoms with Crippen molar-refractivity contribution in [2.24, 2.45) is 0 Å². The highest BCUT2D eigenvalue weighted by atomic mass is 19.1. The second kappa shape index (κ2) is 15.3. The van der Waals surface area contributed by atoms with E-state index in [1.807, 2.05) is 96.4 Å². The summed E-state index contributed by atoms with van der Waals surface area (Å²) in [5.41, 5.74) is 2.31. The van der Waals surface area contributed by atoms with Gasteiger partial charge in [0.2, 0.25) is 5.95 Å². The smallest absolute Gasteiger partial charge is 0.410 e. The van der Waals surface area contributed by atoms with E-state index in [1.54, 1.807) is 20.7 Å². The van der Waals surface area contributed by atoms with E-state index in [1.165, 1.54) is 0 Å². The zero-order valence-electron chi connectivity index (χ0n) is 29.5. The molecule has 11 heteroatoms. The third kappa shape index (κ3) is 9.70. The lowest BCUT2D eigenvalue weighted by Gasteiger charge is -2.33.